The number of likely N-dealkylation sites (N-methyl/N-ethyl adjacent to an activating group) is 1. The fraction of sp³-hybridized carbons (Fsp3) is 0.222. The van der Waals surface area contributed by atoms with Gasteiger partial charge in [0.2, 0.25) is 5.95 Å². The molecule has 0 radical (unpaired) electrons. The first kappa shape index (κ1) is 22.1. The second-order valence-corrected chi connectivity index (χ2v) is 9.23. The zero-order valence-corrected chi connectivity index (χ0v) is 20.1. The average molecular weight is 481 g/mol. The van der Waals surface area contributed by atoms with E-state index < -0.39 is 0 Å². The summed E-state index contributed by atoms with van der Waals surface area (Å²) in [6.07, 6.45) is 1.77. The lowest BCUT2D eigenvalue weighted by Gasteiger charge is -2.35. The molecule has 1 amide bonds. The van der Waals surface area contributed by atoms with E-state index in [-0.39, 0.29) is 5.91 Å². The minimum absolute atomic E-state index is 0.155. The van der Waals surface area contributed by atoms with Gasteiger partial charge in [0.05, 0.1) is 34.0 Å². The van der Waals surface area contributed by atoms with Gasteiger partial charge in [-0.05, 0) is 42.9 Å². The van der Waals surface area contributed by atoms with E-state index in [1.807, 2.05) is 48.5 Å². The highest BCUT2D eigenvalue weighted by molar-refractivity contribution is 6.11. The molecule has 0 aliphatic carbocycles. The number of nitrogens with one attached hydrogen (secondary N) is 4. The highest BCUT2D eigenvalue weighted by atomic mass is 16.1. The molecule has 4 N–H and O–H groups in total. The number of nitrogens with zero attached hydrogens (tertiary/aromatic N) is 4. The maximum absolute atomic E-state index is 13.6. The largest absolute Gasteiger partial charge is 0.368 e. The van der Waals surface area contributed by atoms with Gasteiger partial charge in [0.15, 0.2) is 0 Å². The molecule has 182 valence electrons. The first-order valence-corrected chi connectivity index (χ1v) is 12.1. The minimum atomic E-state index is -0.155. The number of rotatable bonds is 6. The Hall–Kier alpha value is -4.37. The molecule has 2 aromatic heterocycles. The zero-order chi connectivity index (χ0) is 24.5. The summed E-state index contributed by atoms with van der Waals surface area (Å²) >= 11 is 0. The number of carbonyl (C=O) groups is 1. The smallest absolute Gasteiger partial charge is 0.257 e. The third-order valence-electron chi connectivity index (χ3n) is 6.69. The van der Waals surface area contributed by atoms with Gasteiger partial charge in [-0.25, -0.2) is 4.98 Å². The Morgan fingerprint density at radius 3 is 2.67 bits per heavy atom. The van der Waals surface area contributed by atoms with Crippen LogP contribution in [0.2, 0.25) is 0 Å². The van der Waals surface area contributed by atoms with Crippen LogP contribution in [0.5, 0.6) is 0 Å². The molecule has 9 nitrogen and oxygen atoms in total. The van der Waals surface area contributed by atoms with Crippen LogP contribution in [-0.2, 0) is 6.54 Å². The van der Waals surface area contributed by atoms with Crippen molar-refractivity contribution in [3.63, 3.8) is 0 Å². The molecule has 5 aromatic rings. The molecule has 0 spiro atoms. The van der Waals surface area contributed by atoms with Crippen molar-refractivity contribution in [1.82, 2.24) is 25.1 Å². The van der Waals surface area contributed by atoms with E-state index in [0.29, 0.717) is 18.1 Å². The molecule has 1 fully saturated rings. The van der Waals surface area contributed by atoms with Gasteiger partial charge in [-0.2, -0.15) is 5.10 Å². The molecule has 3 heterocycles. The van der Waals surface area contributed by atoms with E-state index in [2.05, 4.69) is 54.8 Å². The first-order valence-electron chi connectivity index (χ1n) is 12.1. The van der Waals surface area contributed by atoms with Crippen molar-refractivity contribution in [2.24, 2.45) is 0 Å². The molecule has 0 saturated carbocycles. The number of aromatic nitrogens is 4. The van der Waals surface area contributed by atoms with Crippen LogP contribution in [0.15, 0.2) is 66.9 Å². The third kappa shape index (κ3) is 4.48. The Morgan fingerprint density at radius 2 is 1.83 bits per heavy atom. The molecular formula is C27H28N8O. The molecule has 0 atom stereocenters. The quantitative estimate of drug-likeness (QED) is 0.292. The number of benzene rings is 3. The average Bonchev–Trinajstić information content (AvgIpc) is 3.53. The van der Waals surface area contributed by atoms with Crippen molar-refractivity contribution >= 4 is 45.2 Å². The first-order chi connectivity index (χ1) is 17.6. The van der Waals surface area contributed by atoms with Gasteiger partial charge in [0, 0.05) is 43.8 Å². The SMILES string of the molecule is CN1CCN(c2cc3nc(NCc4ccccc4)[nH]c3cc2C(=O)Nc2ccc3cn[nH]c3c2)CC1. The van der Waals surface area contributed by atoms with Crippen molar-refractivity contribution < 1.29 is 4.79 Å². The maximum Gasteiger partial charge on any atom is 0.257 e. The maximum atomic E-state index is 13.6. The number of imidazole rings is 1. The molecule has 3 aromatic carbocycles. The van der Waals surface area contributed by atoms with Crippen molar-refractivity contribution in [3.8, 4) is 0 Å². The van der Waals surface area contributed by atoms with Gasteiger partial charge in [0.25, 0.3) is 5.91 Å². The van der Waals surface area contributed by atoms with Gasteiger partial charge in [0.1, 0.15) is 0 Å². The minimum Gasteiger partial charge on any atom is -0.368 e. The van der Waals surface area contributed by atoms with Gasteiger partial charge in [-0.3, -0.25) is 9.89 Å². The number of hydrogen-bond acceptors (Lipinski definition) is 6. The van der Waals surface area contributed by atoms with Crippen LogP contribution in [0.1, 0.15) is 15.9 Å². The second-order valence-electron chi connectivity index (χ2n) is 9.23. The molecule has 0 unspecified atom stereocenters. The molecule has 1 aliphatic heterocycles. The van der Waals surface area contributed by atoms with Crippen LogP contribution in [0.25, 0.3) is 21.9 Å². The van der Waals surface area contributed by atoms with E-state index in [9.17, 15) is 4.79 Å². The van der Waals surface area contributed by atoms with Crippen molar-refractivity contribution in [3.05, 3.63) is 78.0 Å². The van der Waals surface area contributed by atoms with Gasteiger partial charge < -0.3 is 25.4 Å². The van der Waals surface area contributed by atoms with Crippen LogP contribution < -0.4 is 15.5 Å². The van der Waals surface area contributed by atoms with Crippen molar-refractivity contribution in [2.75, 3.05) is 48.8 Å². The van der Waals surface area contributed by atoms with Crippen molar-refractivity contribution in [2.45, 2.75) is 6.54 Å². The third-order valence-corrected chi connectivity index (χ3v) is 6.69. The number of piperazine rings is 1. The summed E-state index contributed by atoms with van der Waals surface area (Å²) in [5.74, 6) is 0.526. The number of amides is 1. The lowest BCUT2D eigenvalue weighted by atomic mass is 10.1. The fourth-order valence-electron chi connectivity index (χ4n) is 4.62. The van der Waals surface area contributed by atoms with Crippen LogP contribution in [0, 0.1) is 0 Å². The van der Waals surface area contributed by atoms with Gasteiger partial charge in [-0.1, -0.05) is 30.3 Å². The standard InChI is InChI=1S/C27H28N8O/c1-34-9-11-35(12-10-34)25-15-24-23(31-27(32-24)28-16-18-5-3-2-4-6-18)14-21(25)26(36)30-20-8-7-19-17-29-33-22(19)13-20/h2-8,13-15,17H,9-12,16H2,1H3,(H,29,33)(H,30,36)(H2,28,31,32). The highest BCUT2D eigenvalue weighted by Crippen LogP contribution is 2.29. The number of carbonyl (C=O) groups excluding carboxylic acids is 1. The summed E-state index contributed by atoms with van der Waals surface area (Å²) in [6.45, 7) is 4.26. The van der Waals surface area contributed by atoms with Crippen molar-refractivity contribution in [1.29, 1.82) is 0 Å². The molecule has 1 saturated heterocycles. The van der Waals surface area contributed by atoms with Crippen LogP contribution in [0.3, 0.4) is 0 Å². The second kappa shape index (κ2) is 9.35. The van der Waals surface area contributed by atoms with Crippen LogP contribution >= 0.6 is 0 Å². The van der Waals surface area contributed by atoms with Gasteiger partial charge >= 0.3 is 0 Å². The monoisotopic (exact) mass is 480 g/mol. The Balaban J connectivity index is 1.32. The fourth-order valence-corrected chi connectivity index (χ4v) is 4.62. The predicted molar refractivity (Wildman–Crippen MR) is 144 cm³/mol. The van der Waals surface area contributed by atoms with E-state index in [1.54, 1.807) is 6.20 Å². The number of H-pyrrole nitrogens is 2. The molecule has 0 bridgehead atoms. The Kier molecular flexibility index (Phi) is 5.74. The Labute approximate surface area is 208 Å². The summed E-state index contributed by atoms with van der Waals surface area (Å²) in [6, 6.07) is 19.9. The van der Waals surface area contributed by atoms with E-state index in [4.69, 9.17) is 4.98 Å². The lowest BCUT2D eigenvalue weighted by Crippen LogP contribution is -2.45. The topological polar surface area (TPSA) is 105 Å². The normalized spacial score (nSPS) is 14.4. The van der Waals surface area contributed by atoms with E-state index >= 15 is 0 Å². The molecule has 36 heavy (non-hydrogen) atoms. The summed E-state index contributed by atoms with van der Waals surface area (Å²) in [4.78, 5) is 26.2. The highest BCUT2D eigenvalue weighted by Gasteiger charge is 2.22. The number of aromatic amines is 2. The molecular weight excluding hydrogens is 452 g/mol. The molecule has 1 aliphatic rings. The lowest BCUT2D eigenvalue weighted by molar-refractivity contribution is 0.102. The van der Waals surface area contributed by atoms with Gasteiger partial charge in [-0.15, -0.1) is 0 Å². The summed E-state index contributed by atoms with van der Waals surface area (Å²) in [5, 5.41) is 14.5. The zero-order valence-electron chi connectivity index (χ0n) is 20.1. The number of anilines is 3. The summed E-state index contributed by atoms with van der Waals surface area (Å²) < 4.78 is 0. The Bertz CT molecular complexity index is 1520. The van der Waals surface area contributed by atoms with E-state index in [0.717, 1.165) is 59.5 Å². The number of fused-ring (bicyclic) bond motifs is 2. The van der Waals surface area contributed by atoms with Crippen LogP contribution in [0.4, 0.5) is 17.3 Å². The summed E-state index contributed by atoms with van der Waals surface area (Å²) in [5.41, 5.74) is 5.94. The Morgan fingerprint density at radius 1 is 1.00 bits per heavy atom. The number of hydrogen-bond donors (Lipinski definition) is 4. The molecule has 9 heteroatoms. The predicted octanol–water partition coefficient (Wildman–Crippen LogP) is 4.06. The molecule has 6 rings (SSSR count). The summed E-state index contributed by atoms with van der Waals surface area (Å²) in [7, 11) is 2.12. The van der Waals surface area contributed by atoms with E-state index in [1.165, 1.54) is 5.56 Å². The van der Waals surface area contributed by atoms with Crippen LogP contribution in [-0.4, -0.2) is 64.2 Å².